The first-order valence-corrected chi connectivity index (χ1v) is 8.03. The second-order valence-corrected chi connectivity index (χ2v) is 7.01. The molecular formula is C18H23NO3. The summed E-state index contributed by atoms with van der Waals surface area (Å²) in [5, 5.41) is 0. The number of fused-ring (bicyclic) bond motifs is 1. The van der Waals surface area contributed by atoms with Gasteiger partial charge in [0.15, 0.2) is 0 Å². The number of para-hydroxylation sites is 1. The molecule has 0 bridgehead atoms. The second kappa shape index (κ2) is 5.75. The number of carbonyl (C=O) groups excluding carboxylic acids is 2. The van der Waals surface area contributed by atoms with Crippen LogP contribution in [0.5, 0.6) is 0 Å². The molecule has 1 aromatic rings. The lowest BCUT2D eigenvalue weighted by atomic mass is 9.80. The zero-order chi connectivity index (χ0) is 15.7. The normalized spacial score (nSPS) is 23.6. The Morgan fingerprint density at radius 2 is 2.14 bits per heavy atom. The molecule has 1 atom stereocenters. The van der Waals surface area contributed by atoms with Gasteiger partial charge in [-0.1, -0.05) is 32.0 Å². The number of nitrogens with zero attached hydrogens (tertiary/aromatic N) is 1. The highest BCUT2D eigenvalue weighted by Gasteiger charge is 2.33. The van der Waals surface area contributed by atoms with E-state index in [0.717, 1.165) is 25.1 Å². The Morgan fingerprint density at radius 3 is 2.86 bits per heavy atom. The first kappa shape index (κ1) is 15.1. The molecule has 2 heterocycles. The first-order chi connectivity index (χ1) is 10.5. The maximum atomic E-state index is 12.7. The average Bonchev–Trinajstić information content (AvgIpc) is 2.82. The summed E-state index contributed by atoms with van der Waals surface area (Å²) in [6, 6.07) is 8.19. The summed E-state index contributed by atoms with van der Waals surface area (Å²) >= 11 is 0. The van der Waals surface area contributed by atoms with Crippen molar-refractivity contribution in [2.24, 2.45) is 5.92 Å². The number of hydrogen-bond acceptors (Lipinski definition) is 3. The number of esters is 1. The van der Waals surface area contributed by atoms with Crippen molar-refractivity contribution in [3.63, 3.8) is 0 Å². The fraction of sp³-hybridized carbons (Fsp3) is 0.556. The second-order valence-electron chi connectivity index (χ2n) is 7.01. The zero-order valence-corrected chi connectivity index (χ0v) is 13.3. The van der Waals surface area contributed by atoms with Crippen molar-refractivity contribution >= 4 is 17.6 Å². The Bertz CT molecular complexity index is 594. The number of benzene rings is 1. The van der Waals surface area contributed by atoms with Crippen LogP contribution in [0, 0.1) is 5.92 Å². The van der Waals surface area contributed by atoms with Gasteiger partial charge in [0.1, 0.15) is 0 Å². The van der Waals surface area contributed by atoms with Crippen LogP contribution in [0.2, 0.25) is 0 Å². The highest BCUT2D eigenvalue weighted by Crippen LogP contribution is 2.39. The molecule has 0 saturated carbocycles. The van der Waals surface area contributed by atoms with Crippen LogP contribution in [0.1, 0.15) is 45.1 Å². The van der Waals surface area contributed by atoms with Crippen LogP contribution in [0.25, 0.3) is 0 Å². The van der Waals surface area contributed by atoms with Crippen molar-refractivity contribution in [3.05, 3.63) is 29.8 Å². The van der Waals surface area contributed by atoms with Crippen LogP contribution in [-0.4, -0.2) is 25.0 Å². The molecule has 1 saturated heterocycles. The predicted molar refractivity (Wildman–Crippen MR) is 84.7 cm³/mol. The Balaban J connectivity index is 1.83. The van der Waals surface area contributed by atoms with Gasteiger partial charge in [0.25, 0.3) is 0 Å². The maximum absolute atomic E-state index is 12.7. The molecule has 1 aromatic carbocycles. The van der Waals surface area contributed by atoms with Gasteiger partial charge in [-0.2, -0.15) is 0 Å². The molecule has 22 heavy (non-hydrogen) atoms. The van der Waals surface area contributed by atoms with Crippen LogP contribution in [-0.2, 0) is 19.7 Å². The largest absolute Gasteiger partial charge is 0.465 e. The molecule has 2 aliphatic heterocycles. The third-order valence-corrected chi connectivity index (χ3v) is 4.81. The van der Waals surface area contributed by atoms with Gasteiger partial charge in [-0.3, -0.25) is 9.59 Å². The van der Waals surface area contributed by atoms with Gasteiger partial charge in [-0.05, 0) is 29.9 Å². The van der Waals surface area contributed by atoms with E-state index in [1.807, 2.05) is 23.1 Å². The van der Waals surface area contributed by atoms with Gasteiger partial charge in [0.2, 0.25) is 5.91 Å². The lowest BCUT2D eigenvalue weighted by Crippen LogP contribution is -2.33. The molecule has 0 aliphatic carbocycles. The standard InChI is InChI=1S/C18H23NO3/c1-18(2)8-5-9-19(15-7-4-3-6-14(15)18)16(20)10-13-11-17(21)22-12-13/h3-4,6-7,13H,5,8-12H2,1-2H3/t13-/m1/s1. The third-order valence-electron chi connectivity index (χ3n) is 4.81. The molecule has 0 radical (unpaired) electrons. The van der Waals surface area contributed by atoms with Crippen molar-refractivity contribution in [1.82, 2.24) is 0 Å². The van der Waals surface area contributed by atoms with Gasteiger partial charge in [-0.15, -0.1) is 0 Å². The highest BCUT2D eigenvalue weighted by atomic mass is 16.5. The van der Waals surface area contributed by atoms with Crippen molar-refractivity contribution in [2.75, 3.05) is 18.1 Å². The molecule has 4 heteroatoms. The Hall–Kier alpha value is -1.84. The van der Waals surface area contributed by atoms with Gasteiger partial charge >= 0.3 is 5.97 Å². The molecule has 3 rings (SSSR count). The molecule has 0 aromatic heterocycles. The SMILES string of the molecule is CC1(C)CCCN(C(=O)C[C@H]2COC(=O)C2)c2ccccc21. The van der Waals surface area contributed by atoms with E-state index in [1.165, 1.54) is 5.56 Å². The summed E-state index contributed by atoms with van der Waals surface area (Å²) in [5.41, 5.74) is 2.35. The van der Waals surface area contributed by atoms with Crippen molar-refractivity contribution < 1.29 is 14.3 Å². The minimum absolute atomic E-state index is 0.0309. The van der Waals surface area contributed by atoms with E-state index in [2.05, 4.69) is 19.9 Å². The quantitative estimate of drug-likeness (QED) is 0.789. The van der Waals surface area contributed by atoms with Gasteiger partial charge in [0.05, 0.1) is 13.0 Å². The smallest absolute Gasteiger partial charge is 0.306 e. The topological polar surface area (TPSA) is 46.6 Å². The summed E-state index contributed by atoms with van der Waals surface area (Å²) in [6.45, 7) is 5.61. The molecule has 1 fully saturated rings. The Kier molecular flexibility index (Phi) is 3.94. The number of hydrogen-bond donors (Lipinski definition) is 0. The maximum Gasteiger partial charge on any atom is 0.306 e. The molecule has 0 N–H and O–H groups in total. The first-order valence-electron chi connectivity index (χ1n) is 8.03. The number of carbonyl (C=O) groups is 2. The minimum Gasteiger partial charge on any atom is -0.465 e. The molecular weight excluding hydrogens is 278 g/mol. The van der Waals surface area contributed by atoms with Crippen molar-refractivity contribution in [3.8, 4) is 0 Å². The number of amides is 1. The zero-order valence-electron chi connectivity index (χ0n) is 13.3. The lowest BCUT2D eigenvalue weighted by molar-refractivity contribution is -0.138. The van der Waals surface area contributed by atoms with Crippen molar-refractivity contribution in [2.45, 2.75) is 44.9 Å². The van der Waals surface area contributed by atoms with E-state index in [4.69, 9.17) is 4.74 Å². The fourth-order valence-electron chi connectivity index (χ4n) is 3.53. The van der Waals surface area contributed by atoms with E-state index < -0.39 is 0 Å². The Morgan fingerprint density at radius 1 is 1.36 bits per heavy atom. The molecule has 2 aliphatic rings. The summed E-state index contributed by atoms with van der Waals surface area (Å²) in [7, 11) is 0. The van der Waals surface area contributed by atoms with Crippen LogP contribution >= 0.6 is 0 Å². The number of rotatable bonds is 2. The third kappa shape index (κ3) is 2.87. The van der Waals surface area contributed by atoms with Crippen molar-refractivity contribution in [1.29, 1.82) is 0 Å². The van der Waals surface area contributed by atoms with Crippen LogP contribution in [0.3, 0.4) is 0 Å². The Labute approximate surface area is 131 Å². The molecule has 4 nitrogen and oxygen atoms in total. The molecule has 1 amide bonds. The monoisotopic (exact) mass is 301 g/mol. The fourth-order valence-corrected chi connectivity index (χ4v) is 3.53. The van der Waals surface area contributed by atoms with E-state index in [9.17, 15) is 9.59 Å². The summed E-state index contributed by atoms with van der Waals surface area (Å²) < 4.78 is 4.97. The van der Waals surface area contributed by atoms with Crippen LogP contribution < -0.4 is 4.90 Å². The predicted octanol–water partition coefficient (Wildman–Crippen LogP) is 3.04. The number of anilines is 1. The number of ether oxygens (including phenoxy) is 1. The molecule has 118 valence electrons. The van der Waals surface area contributed by atoms with Crippen LogP contribution in [0.4, 0.5) is 5.69 Å². The van der Waals surface area contributed by atoms with E-state index >= 15 is 0 Å². The summed E-state index contributed by atoms with van der Waals surface area (Å²) in [4.78, 5) is 25.9. The van der Waals surface area contributed by atoms with Gasteiger partial charge < -0.3 is 9.64 Å². The molecule has 0 spiro atoms. The average molecular weight is 301 g/mol. The van der Waals surface area contributed by atoms with Crippen LogP contribution in [0.15, 0.2) is 24.3 Å². The van der Waals surface area contributed by atoms with Gasteiger partial charge in [0, 0.05) is 24.6 Å². The molecule has 0 unspecified atom stereocenters. The highest BCUT2D eigenvalue weighted by molar-refractivity contribution is 5.95. The summed E-state index contributed by atoms with van der Waals surface area (Å²) in [5.74, 6) is -0.0490. The van der Waals surface area contributed by atoms with E-state index in [-0.39, 0.29) is 23.2 Å². The van der Waals surface area contributed by atoms with E-state index in [1.54, 1.807) is 0 Å². The van der Waals surface area contributed by atoms with Gasteiger partial charge in [-0.25, -0.2) is 0 Å². The minimum atomic E-state index is -0.185. The summed E-state index contributed by atoms with van der Waals surface area (Å²) in [6.07, 6.45) is 2.82. The lowest BCUT2D eigenvalue weighted by Gasteiger charge is -2.28. The number of cyclic esters (lactones) is 1. The van der Waals surface area contributed by atoms with E-state index in [0.29, 0.717) is 19.4 Å².